The van der Waals surface area contributed by atoms with Crippen molar-refractivity contribution < 1.29 is 0 Å². The molecule has 5 nitrogen and oxygen atoms in total. The number of aryl methyl sites for hydroxylation is 1. The van der Waals surface area contributed by atoms with Crippen LogP contribution in [0.25, 0.3) is 22.8 Å². The van der Waals surface area contributed by atoms with Crippen LogP contribution in [0.1, 0.15) is 44.3 Å². The molecule has 2 aliphatic heterocycles. The molecule has 0 radical (unpaired) electrons. The minimum absolute atomic E-state index is 0.182. The lowest BCUT2D eigenvalue weighted by Crippen LogP contribution is -2.16. The molecule has 5 heteroatoms. The summed E-state index contributed by atoms with van der Waals surface area (Å²) in [6.45, 7) is 2.05. The number of rotatable bonds is 3. The van der Waals surface area contributed by atoms with E-state index in [9.17, 15) is 4.79 Å². The first-order valence-corrected chi connectivity index (χ1v) is 8.34. The lowest BCUT2D eigenvalue weighted by molar-refractivity contribution is 0.464. The lowest BCUT2D eigenvalue weighted by atomic mass is 10.1. The fourth-order valence-electron chi connectivity index (χ4n) is 3.52. The van der Waals surface area contributed by atoms with Gasteiger partial charge < -0.3 is 0 Å². The van der Waals surface area contributed by atoms with Crippen LogP contribution in [0.2, 0.25) is 0 Å². The molecule has 118 valence electrons. The highest BCUT2D eigenvalue weighted by Crippen LogP contribution is 2.34. The summed E-state index contributed by atoms with van der Waals surface area (Å²) in [7, 11) is 0. The van der Waals surface area contributed by atoms with Crippen LogP contribution in [0.4, 0.5) is 0 Å². The summed E-state index contributed by atoms with van der Waals surface area (Å²) < 4.78 is 2.11. The Morgan fingerprint density at radius 2 is 1.91 bits per heavy atom. The lowest BCUT2D eigenvalue weighted by Gasteiger charge is -2.13. The Kier molecular flexibility index (Phi) is 3.48. The maximum absolute atomic E-state index is 12.6. The summed E-state index contributed by atoms with van der Waals surface area (Å²) in [5.74, 6) is 1.27. The molecule has 23 heavy (non-hydrogen) atoms. The van der Waals surface area contributed by atoms with Crippen molar-refractivity contribution in [2.24, 2.45) is 0 Å². The second kappa shape index (κ2) is 5.65. The predicted octanol–water partition coefficient (Wildman–Crippen LogP) is 3.42. The number of aromatic nitrogens is 4. The maximum Gasteiger partial charge on any atom is 0.284 e. The first-order chi connectivity index (χ1) is 11.3. The zero-order valence-corrected chi connectivity index (χ0v) is 13.2. The predicted molar refractivity (Wildman–Crippen MR) is 89.6 cm³/mol. The third-order valence-electron chi connectivity index (χ3n) is 4.72. The highest BCUT2D eigenvalue weighted by molar-refractivity contribution is 5.64. The molecule has 2 heterocycles. The van der Waals surface area contributed by atoms with E-state index in [1.807, 2.05) is 30.3 Å². The van der Waals surface area contributed by atoms with Crippen molar-refractivity contribution in [1.29, 1.82) is 0 Å². The summed E-state index contributed by atoms with van der Waals surface area (Å²) in [5.41, 5.74) is 2.29. The molecule has 1 N–H and O–H groups in total. The zero-order chi connectivity index (χ0) is 15.8. The van der Waals surface area contributed by atoms with Gasteiger partial charge in [-0.1, -0.05) is 50.1 Å². The molecule has 1 aromatic carbocycles. The van der Waals surface area contributed by atoms with Gasteiger partial charge in [0, 0.05) is 11.3 Å². The number of hydrogen-bond acceptors (Lipinski definition) is 3. The van der Waals surface area contributed by atoms with Crippen LogP contribution in [0.15, 0.2) is 35.1 Å². The van der Waals surface area contributed by atoms with Crippen molar-refractivity contribution in [3.63, 3.8) is 0 Å². The van der Waals surface area contributed by atoms with Crippen molar-refractivity contribution in [3.8, 4) is 22.8 Å². The van der Waals surface area contributed by atoms with Crippen LogP contribution >= 0.6 is 0 Å². The molecule has 0 bridgehead atoms. The SMILES string of the molecule is CCc1[nH]n(C2CCCC2)c2nc(-c3ccccc3)nc(=O)c1-2. The van der Waals surface area contributed by atoms with Crippen molar-refractivity contribution in [2.75, 3.05) is 0 Å². The van der Waals surface area contributed by atoms with E-state index in [1.165, 1.54) is 12.8 Å². The van der Waals surface area contributed by atoms with Crippen LogP contribution in [0, 0.1) is 0 Å². The first-order valence-electron chi connectivity index (χ1n) is 8.34. The Bertz CT molecular complexity index is 843. The number of nitrogens with zero attached hydrogens (tertiary/aromatic N) is 3. The summed E-state index contributed by atoms with van der Waals surface area (Å²) >= 11 is 0. The second-order valence-electron chi connectivity index (χ2n) is 6.17. The van der Waals surface area contributed by atoms with E-state index in [2.05, 4.69) is 21.7 Å². The molecular formula is C18H20N4O. The van der Waals surface area contributed by atoms with Gasteiger partial charge in [0.05, 0.1) is 6.04 Å². The molecule has 0 unspecified atom stereocenters. The fourth-order valence-corrected chi connectivity index (χ4v) is 3.52. The molecule has 1 aromatic rings. The van der Waals surface area contributed by atoms with Crippen LogP contribution < -0.4 is 5.56 Å². The summed E-state index contributed by atoms with van der Waals surface area (Å²) in [4.78, 5) is 21.6. The molecule has 1 aliphatic carbocycles. The van der Waals surface area contributed by atoms with E-state index in [1.54, 1.807) is 0 Å². The van der Waals surface area contributed by atoms with Gasteiger partial charge >= 0.3 is 0 Å². The normalized spacial score (nSPS) is 15.5. The number of H-pyrrole nitrogens is 1. The molecule has 1 fully saturated rings. The molecule has 0 aromatic heterocycles. The first kappa shape index (κ1) is 14.2. The molecule has 4 rings (SSSR count). The Balaban J connectivity index is 1.93. The van der Waals surface area contributed by atoms with Crippen LogP contribution in [-0.4, -0.2) is 19.7 Å². The van der Waals surface area contributed by atoms with E-state index in [-0.39, 0.29) is 5.56 Å². The molecule has 0 saturated heterocycles. The average molecular weight is 308 g/mol. The minimum Gasteiger partial charge on any atom is -0.300 e. The Hall–Kier alpha value is -2.43. The fraction of sp³-hybridized carbons (Fsp3) is 0.389. The van der Waals surface area contributed by atoms with Gasteiger partial charge in [-0.3, -0.25) is 14.6 Å². The van der Waals surface area contributed by atoms with Crippen LogP contribution in [-0.2, 0) is 6.42 Å². The van der Waals surface area contributed by atoms with Gasteiger partial charge in [0.25, 0.3) is 5.56 Å². The number of aromatic amines is 1. The number of benzene rings is 1. The average Bonchev–Trinajstić information content (AvgIpc) is 3.22. The van der Waals surface area contributed by atoms with E-state index in [0.29, 0.717) is 17.4 Å². The number of fused-ring (bicyclic) bond motifs is 1. The van der Waals surface area contributed by atoms with Gasteiger partial charge in [-0.25, -0.2) is 4.98 Å². The number of nitrogens with one attached hydrogen (secondary N) is 1. The smallest absolute Gasteiger partial charge is 0.284 e. The van der Waals surface area contributed by atoms with E-state index in [0.717, 1.165) is 36.3 Å². The molecule has 1 saturated carbocycles. The van der Waals surface area contributed by atoms with Crippen molar-refractivity contribution in [3.05, 3.63) is 46.4 Å². The van der Waals surface area contributed by atoms with Gasteiger partial charge in [0.1, 0.15) is 5.56 Å². The monoisotopic (exact) mass is 308 g/mol. The van der Waals surface area contributed by atoms with E-state index >= 15 is 0 Å². The van der Waals surface area contributed by atoms with E-state index < -0.39 is 0 Å². The zero-order valence-electron chi connectivity index (χ0n) is 13.2. The second-order valence-corrected chi connectivity index (χ2v) is 6.17. The molecule has 3 aliphatic rings. The Morgan fingerprint density at radius 3 is 2.61 bits per heavy atom. The van der Waals surface area contributed by atoms with Gasteiger partial charge in [0.15, 0.2) is 11.6 Å². The third-order valence-corrected chi connectivity index (χ3v) is 4.72. The van der Waals surface area contributed by atoms with Gasteiger partial charge in [-0.05, 0) is 19.3 Å². The standard InChI is InChI=1S/C18H20N4O/c1-2-14-15-17(22(21-14)13-10-6-7-11-13)19-16(20-18(15)23)12-8-4-3-5-9-12/h3-5,8-9,13,21H,2,6-7,10-11H2,1H3. The molecule has 0 amide bonds. The quantitative estimate of drug-likeness (QED) is 0.806. The van der Waals surface area contributed by atoms with Crippen molar-refractivity contribution >= 4 is 0 Å². The molecule has 0 atom stereocenters. The number of hydrogen-bond donors (Lipinski definition) is 1. The molecular weight excluding hydrogens is 288 g/mol. The Labute approximate surface area is 134 Å². The summed E-state index contributed by atoms with van der Waals surface area (Å²) in [6, 6.07) is 10.1. The van der Waals surface area contributed by atoms with Crippen LogP contribution in [0.3, 0.4) is 0 Å². The Morgan fingerprint density at radius 1 is 1.17 bits per heavy atom. The molecule has 0 spiro atoms. The highest BCUT2D eigenvalue weighted by atomic mass is 16.1. The summed E-state index contributed by atoms with van der Waals surface area (Å²) in [5, 5.41) is 3.42. The van der Waals surface area contributed by atoms with Crippen molar-refractivity contribution in [1.82, 2.24) is 19.7 Å². The van der Waals surface area contributed by atoms with Gasteiger partial charge in [0.2, 0.25) is 0 Å². The van der Waals surface area contributed by atoms with Crippen molar-refractivity contribution in [2.45, 2.75) is 45.1 Å². The van der Waals surface area contributed by atoms with E-state index in [4.69, 9.17) is 4.98 Å². The van der Waals surface area contributed by atoms with Gasteiger partial charge in [-0.2, -0.15) is 4.98 Å². The maximum atomic E-state index is 12.6. The topological polar surface area (TPSA) is 63.6 Å². The third kappa shape index (κ3) is 2.36. The van der Waals surface area contributed by atoms with Gasteiger partial charge in [-0.15, -0.1) is 0 Å². The summed E-state index contributed by atoms with van der Waals surface area (Å²) in [6.07, 6.45) is 5.53. The highest BCUT2D eigenvalue weighted by Gasteiger charge is 2.27. The van der Waals surface area contributed by atoms with Crippen LogP contribution in [0.5, 0.6) is 0 Å². The minimum atomic E-state index is -0.182. The largest absolute Gasteiger partial charge is 0.300 e.